The van der Waals surface area contributed by atoms with Crippen LogP contribution >= 0.6 is 0 Å². The Bertz CT molecular complexity index is 385. The maximum absolute atomic E-state index is 12.2. The summed E-state index contributed by atoms with van der Waals surface area (Å²) in [5, 5.41) is 5.95. The lowest BCUT2D eigenvalue weighted by Gasteiger charge is -2.21. The van der Waals surface area contributed by atoms with Crippen LogP contribution in [0.3, 0.4) is 0 Å². The Morgan fingerprint density at radius 3 is 2.39 bits per heavy atom. The number of carbonyl (C=O) groups excluding carboxylic acids is 2. The van der Waals surface area contributed by atoms with E-state index in [0.29, 0.717) is 6.54 Å². The van der Waals surface area contributed by atoms with Gasteiger partial charge in [-0.3, -0.25) is 14.6 Å². The monoisotopic (exact) mass is 327 g/mol. The normalized spacial score (nSPS) is 12.8. The fraction of sp³-hybridized carbons (Fsp3) is 0.812. The average molecular weight is 327 g/mol. The van der Waals surface area contributed by atoms with Crippen LogP contribution in [0.2, 0.25) is 0 Å². The lowest BCUT2D eigenvalue weighted by molar-refractivity contribution is -0.131. The maximum Gasteiger partial charge on any atom is 0.241 e. The number of hydrogen-bond acceptors (Lipinski definition) is 4. The van der Waals surface area contributed by atoms with Gasteiger partial charge >= 0.3 is 0 Å². The average Bonchev–Trinajstić information content (AvgIpc) is 2.52. The lowest BCUT2D eigenvalue weighted by Crippen LogP contribution is -2.46. The minimum atomic E-state index is -0.253. The summed E-state index contributed by atoms with van der Waals surface area (Å²) in [6.45, 7) is 7.71. The van der Waals surface area contributed by atoms with Gasteiger partial charge in [0.1, 0.15) is 12.4 Å². The molecule has 0 aromatic heterocycles. The minimum absolute atomic E-state index is 0.00187. The first-order chi connectivity index (χ1) is 10.9. The molecule has 0 aromatic rings. The zero-order valence-corrected chi connectivity index (χ0v) is 15.0. The van der Waals surface area contributed by atoms with Gasteiger partial charge in [-0.05, 0) is 26.3 Å². The summed E-state index contributed by atoms with van der Waals surface area (Å²) in [5.41, 5.74) is 5.79. The number of unbranched alkanes of at least 4 members (excludes halogenated alkanes) is 2. The van der Waals surface area contributed by atoms with Crippen LogP contribution in [0.15, 0.2) is 4.99 Å². The van der Waals surface area contributed by atoms with Crippen molar-refractivity contribution in [3.63, 3.8) is 0 Å². The highest BCUT2D eigenvalue weighted by molar-refractivity contribution is 5.90. The molecule has 0 aliphatic rings. The van der Waals surface area contributed by atoms with E-state index in [2.05, 4.69) is 29.5 Å². The molecule has 0 saturated carbocycles. The fourth-order valence-electron chi connectivity index (χ4n) is 1.92. The van der Waals surface area contributed by atoms with E-state index in [4.69, 9.17) is 5.73 Å². The van der Waals surface area contributed by atoms with Crippen molar-refractivity contribution in [2.75, 3.05) is 33.2 Å². The molecule has 0 fully saturated rings. The molecule has 1 atom stereocenters. The van der Waals surface area contributed by atoms with Crippen molar-refractivity contribution in [3.05, 3.63) is 0 Å². The molecule has 0 rings (SSSR count). The number of hydrogen-bond donors (Lipinski definition) is 3. The Kier molecular flexibility index (Phi) is 12.0. The Labute approximate surface area is 140 Å². The third-order valence-electron chi connectivity index (χ3n) is 3.40. The minimum Gasteiger partial charge on any atom is -0.386 e. The highest BCUT2D eigenvalue weighted by Gasteiger charge is 2.17. The highest BCUT2D eigenvalue weighted by atomic mass is 16.2. The van der Waals surface area contributed by atoms with Crippen molar-refractivity contribution in [3.8, 4) is 0 Å². The highest BCUT2D eigenvalue weighted by Crippen LogP contribution is 1.94. The van der Waals surface area contributed by atoms with Gasteiger partial charge in [0.15, 0.2) is 0 Å². The van der Waals surface area contributed by atoms with Crippen molar-refractivity contribution < 1.29 is 9.59 Å². The molecular formula is C16H33N5O2. The van der Waals surface area contributed by atoms with Gasteiger partial charge < -0.3 is 21.3 Å². The predicted octanol–water partition coefficient (Wildman–Crippen LogP) is 0.497. The quantitative estimate of drug-likeness (QED) is 0.276. The maximum atomic E-state index is 12.2. The van der Waals surface area contributed by atoms with Gasteiger partial charge in [-0.25, -0.2) is 0 Å². The zero-order chi connectivity index (χ0) is 17.7. The number of amides is 2. The summed E-state index contributed by atoms with van der Waals surface area (Å²) in [6.07, 6.45) is 4.11. The number of likely N-dealkylation sites (N-methyl/N-ethyl adjacent to an activating group) is 1. The molecule has 0 heterocycles. The standard InChI is InChI=1S/C16H33N5O2/c1-5-7-9-18-13(3)16(23)21(4)12-14(17)20-11-15(22)19-10-8-6-2/h13,18H,5-12H2,1-4H3,(H2,17,20)(H,19,22). The first-order valence-electron chi connectivity index (χ1n) is 8.46. The molecule has 2 amide bonds. The van der Waals surface area contributed by atoms with Crippen molar-refractivity contribution in [2.24, 2.45) is 10.7 Å². The molecule has 4 N–H and O–H groups in total. The SMILES string of the molecule is CCCCNC(=O)CN=C(N)CN(C)C(=O)C(C)NCCCC. The topological polar surface area (TPSA) is 99.8 Å². The van der Waals surface area contributed by atoms with Crippen LogP contribution < -0.4 is 16.4 Å². The van der Waals surface area contributed by atoms with Gasteiger partial charge in [-0.1, -0.05) is 26.7 Å². The smallest absolute Gasteiger partial charge is 0.241 e. The third kappa shape index (κ3) is 10.7. The second-order valence-electron chi connectivity index (χ2n) is 5.73. The first kappa shape index (κ1) is 21.4. The van der Waals surface area contributed by atoms with Crippen LogP contribution in [0.5, 0.6) is 0 Å². The molecular weight excluding hydrogens is 294 g/mol. The van der Waals surface area contributed by atoms with Crippen LogP contribution in [-0.4, -0.2) is 61.8 Å². The van der Waals surface area contributed by atoms with E-state index in [9.17, 15) is 9.59 Å². The largest absolute Gasteiger partial charge is 0.386 e. The Hall–Kier alpha value is -1.63. The predicted molar refractivity (Wildman–Crippen MR) is 94.4 cm³/mol. The summed E-state index contributed by atoms with van der Waals surface area (Å²) in [4.78, 5) is 29.2. The molecule has 0 saturated heterocycles. The number of rotatable bonds is 12. The van der Waals surface area contributed by atoms with Crippen molar-refractivity contribution in [2.45, 2.75) is 52.5 Å². The summed E-state index contributed by atoms with van der Waals surface area (Å²) in [5.74, 6) is 0.101. The number of carbonyl (C=O) groups is 2. The van der Waals surface area contributed by atoms with Crippen molar-refractivity contribution in [1.82, 2.24) is 15.5 Å². The molecule has 134 valence electrons. The van der Waals surface area contributed by atoms with Crippen LogP contribution in [0, 0.1) is 0 Å². The Morgan fingerprint density at radius 2 is 1.78 bits per heavy atom. The van der Waals surface area contributed by atoms with E-state index < -0.39 is 0 Å². The second-order valence-corrected chi connectivity index (χ2v) is 5.73. The number of nitrogens with two attached hydrogens (primary N) is 1. The molecule has 0 aliphatic heterocycles. The number of nitrogens with zero attached hydrogens (tertiary/aromatic N) is 2. The molecule has 7 nitrogen and oxygen atoms in total. The number of nitrogens with one attached hydrogen (secondary N) is 2. The summed E-state index contributed by atoms with van der Waals surface area (Å²) in [6, 6.07) is -0.253. The second kappa shape index (κ2) is 12.9. The van der Waals surface area contributed by atoms with Crippen LogP contribution in [0.4, 0.5) is 0 Å². The molecule has 0 radical (unpaired) electrons. The van der Waals surface area contributed by atoms with E-state index in [0.717, 1.165) is 32.2 Å². The van der Waals surface area contributed by atoms with Crippen LogP contribution in [0.1, 0.15) is 46.5 Å². The van der Waals surface area contributed by atoms with Crippen LogP contribution in [0.25, 0.3) is 0 Å². The molecule has 23 heavy (non-hydrogen) atoms. The summed E-state index contributed by atoms with van der Waals surface area (Å²) < 4.78 is 0. The lowest BCUT2D eigenvalue weighted by atomic mass is 10.2. The Balaban J connectivity index is 4.15. The van der Waals surface area contributed by atoms with E-state index in [1.54, 1.807) is 7.05 Å². The van der Waals surface area contributed by atoms with Crippen molar-refractivity contribution >= 4 is 17.6 Å². The van der Waals surface area contributed by atoms with Crippen molar-refractivity contribution in [1.29, 1.82) is 0 Å². The fourth-order valence-corrected chi connectivity index (χ4v) is 1.92. The number of amidine groups is 1. The van der Waals surface area contributed by atoms with Gasteiger partial charge in [-0.15, -0.1) is 0 Å². The van der Waals surface area contributed by atoms with E-state index in [1.165, 1.54) is 4.90 Å². The van der Waals surface area contributed by atoms with Gasteiger partial charge in [0.05, 0.1) is 12.6 Å². The molecule has 1 unspecified atom stereocenters. The zero-order valence-electron chi connectivity index (χ0n) is 15.0. The number of aliphatic imine (C=N–C) groups is 1. The molecule has 0 aromatic carbocycles. The first-order valence-corrected chi connectivity index (χ1v) is 8.46. The molecule has 0 bridgehead atoms. The van der Waals surface area contributed by atoms with Crippen LogP contribution in [-0.2, 0) is 9.59 Å². The molecule has 0 spiro atoms. The summed E-state index contributed by atoms with van der Waals surface area (Å²) >= 11 is 0. The van der Waals surface area contributed by atoms with Gasteiger partial charge in [0.25, 0.3) is 0 Å². The van der Waals surface area contributed by atoms with Gasteiger partial charge in [0, 0.05) is 13.6 Å². The van der Waals surface area contributed by atoms with Gasteiger partial charge in [0.2, 0.25) is 11.8 Å². The van der Waals surface area contributed by atoms with E-state index in [1.807, 2.05) is 6.92 Å². The van der Waals surface area contributed by atoms with Gasteiger partial charge in [-0.2, -0.15) is 0 Å². The van der Waals surface area contributed by atoms with E-state index in [-0.39, 0.29) is 36.8 Å². The molecule has 0 aliphatic carbocycles. The van der Waals surface area contributed by atoms with E-state index >= 15 is 0 Å². The summed E-state index contributed by atoms with van der Waals surface area (Å²) in [7, 11) is 1.68. The molecule has 7 heteroatoms. The Morgan fingerprint density at radius 1 is 1.17 bits per heavy atom. The third-order valence-corrected chi connectivity index (χ3v) is 3.40.